The molecule has 0 aromatic heterocycles. The minimum atomic E-state index is -0.0523. The van der Waals surface area contributed by atoms with Gasteiger partial charge in [-0.1, -0.05) is 30.3 Å². The molecule has 0 bridgehead atoms. The van der Waals surface area contributed by atoms with E-state index in [1.54, 1.807) is 0 Å². The van der Waals surface area contributed by atoms with Gasteiger partial charge in [0.15, 0.2) is 0 Å². The zero-order valence-electron chi connectivity index (χ0n) is 15.1. The molecule has 0 atom stereocenters. The monoisotopic (exact) mass is 374 g/mol. The zero-order valence-corrected chi connectivity index (χ0v) is 15.9. The number of hydrogen-bond acceptors (Lipinski definition) is 3. The molecule has 1 aliphatic heterocycles. The zero-order chi connectivity index (χ0) is 18.5. The van der Waals surface area contributed by atoms with Gasteiger partial charge in [-0.3, -0.25) is 4.79 Å². The normalized spacial score (nSPS) is 12.9. The fraction of sp³-hybridized carbons (Fsp3) is 0.174. The van der Waals surface area contributed by atoms with Gasteiger partial charge in [-0.2, -0.15) is 0 Å². The quantitative estimate of drug-likeness (QED) is 0.612. The van der Waals surface area contributed by atoms with Crippen LogP contribution in [0.2, 0.25) is 0 Å². The molecule has 1 amide bonds. The number of thioether (sulfide) groups is 1. The first-order valence-corrected chi connectivity index (χ1v) is 10.2. The highest BCUT2D eigenvalue weighted by molar-refractivity contribution is 7.99. The maximum absolute atomic E-state index is 12.6. The molecule has 0 radical (unpaired) electrons. The van der Waals surface area contributed by atoms with E-state index in [2.05, 4.69) is 16.7 Å². The van der Waals surface area contributed by atoms with Gasteiger partial charge in [-0.05, 0) is 72.2 Å². The van der Waals surface area contributed by atoms with Gasteiger partial charge in [0.25, 0.3) is 5.91 Å². The summed E-state index contributed by atoms with van der Waals surface area (Å²) in [6.07, 6.45) is 2.24. The van der Waals surface area contributed by atoms with Crippen molar-refractivity contribution in [2.75, 3.05) is 16.4 Å². The van der Waals surface area contributed by atoms with Crippen molar-refractivity contribution in [2.45, 2.75) is 24.3 Å². The van der Waals surface area contributed by atoms with Crippen molar-refractivity contribution in [1.29, 1.82) is 0 Å². The van der Waals surface area contributed by atoms with Crippen LogP contribution >= 0.6 is 11.8 Å². The Hall–Kier alpha value is -2.72. The highest BCUT2D eigenvalue weighted by Gasteiger charge is 2.13. The Kier molecular flexibility index (Phi) is 5.45. The lowest BCUT2D eigenvalue weighted by molar-refractivity contribution is 0.102. The molecule has 3 aromatic rings. The van der Waals surface area contributed by atoms with Crippen molar-refractivity contribution >= 4 is 29.0 Å². The SMILES string of the molecule is O=C(Nc1ccc(CNc2ccccc2)cc1)c1ccc2c(c1)CCCS2. The van der Waals surface area contributed by atoms with Crippen LogP contribution in [-0.4, -0.2) is 11.7 Å². The number of carbonyl (C=O) groups is 1. The van der Waals surface area contributed by atoms with Crippen molar-refractivity contribution in [2.24, 2.45) is 0 Å². The molecule has 0 spiro atoms. The number of para-hydroxylation sites is 1. The van der Waals surface area contributed by atoms with E-state index in [1.165, 1.54) is 28.2 Å². The Bertz CT molecular complexity index is 923. The van der Waals surface area contributed by atoms with Crippen LogP contribution in [0.25, 0.3) is 0 Å². The molecule has 0 saturated heterocycles. The summed E-state index contributed by atoms with van der Waals surface area (Å²) in [7, 11) is 0. The largest absolute Gasteiger partial charge is 0.381 e. The standard InChI is InChI=1S/C23H22N2OS/c26-23(19-10-13-22-18(15-19)5-4-14-27-22)25-21-11-8-17(9-12-21)16-24-20-6-2-1-3-7-20/h1-3,6-13,15,24H,4-5,14,16H2,(H,25,26). The Morgan fingerprint density at radius 2 is 1.74 bits per heavy atom. The molecule has 1 heterocycles. The number of fused-ring (bicyclic) bond motifs is 1. The predicted octanol–water partition coefficient (Wildman–Crippen LogP) is 5.59. The summed E-state index contributed by atoms with van der Waals surface area (Å²) < 4.78 is 0. The van der Waals surface area contributed by atoms with Crippen LogP contribution < -0.4 is 10.6 Å². The van der Waals surface area contributed by atoms with Gasteiger partial charge in [-0.15, -0.1) is 11.8 Å². The molecule has 4 rings (SSSR count). The van der Waals surface area contributed by atoms with Gasteiger partial charge in [-0.25, -0.2) is 0 Å². The lowest BCUT2D eigenvalue weighted by atomic mass is 10.1. The lowest BCUT2D eigenvalue weighted by Gasteiger charge is -2.16. The third-order valence-electron chi connectivity index (χ3n) is 4.65. The highest BCUT2D eigenvalue weighted by atomic mass is 32.2. The summed E-state index contributed by atoms with van der Waals surface area (Å²) in [5.74, 6) is 1.12. The van der Waals surface area contributed by atoms with Crippen LogP contribution in [0.3, 0.4) is 0 Å². The molecule has 27 heavy (non-hydrogen) atoms. The minimum absolute atomic E-state index is 0.0523. The first-order chi connectivity index (χ1) is 13.3. The van der Waals surface area contributed by atoms with Crippen molar-refractivity contribution < 1.29 is 4.79 Å². The second-order valence-electron chi connectivity index (χ2n) is 6.65. The molecule has 1 aliphatic rings. The molecule has 0 aliphatic carbocycles. The summed E-state index contributed by atoms with van der Waals surface area (Å²) in [6.45, 7) is 0.751. The Morgan fingerprint density at radius 1 is 0.926 bits per heavy atom. The first-order valence-electron chi connectivity index (χ1n) is 9.23. The fourth-order valence-corrected chi connectivity index (χ4v) is 4.19. The van der Waals surface area contributed by atoms with Gasteiger partial charge in [0, 0.05) is 28.4 Å². The summed E-state index contributed by atoms with van der Waals surface area (Å²) in [5.41, 5.74) is 5.10. The number of anilines is 2. The Balaban J connectivity index is 1.37. The van der Waals surface area contributed by atoms with E-state index < -0.39 is 0 Å². The third-order valence-corrected chi connectivity index (χ3v) is 5.85. The second kappa shape index (κ2) is 8.31. The number of carbonyl (C=O) groups excluding carboxylic acids is 1. The molecular formula is C23H22N2OS. The summed E-state index contributed by atoms with van der Waals surface area (Å²) in [4.78, 5) is 13.9. The lowest BCUT2D eigenvalue weighted by Crippen LogP contribution is -2.13. The molecule has 0 saturated carbocycles. The molecule has 3 nitrogen and oxygen atoms in total. The van der Waals surface area contributed by atoms with Crippen LogP contribution in [-0.2, 0) is 13.0 Å². The van der Waals surface area contributed by atoms with Gasteiger partial charge < -0.3 is 10.6 Å². The van der Waals surface area contributed by atoms with Crippen molar-refractivity contribution in [3.63, 3.8) is 0 Å². The first kappa shape index (κ1) is 17.7. The van der Waals surface area contributed by atoms with Gasteiger partial charge >= 0.3 is 0 Å². The minimum Gasteiger partial charge on any atom is -0.381 e. The maximum atomic E-state index is 12.6. The van der Waals surface area contributed by atoms with E-state index in [4.69, 9.17) is 0 Å². The number of hydrogen-bond donors (Lipinski definition) is 2. The molecule has 4 heteroatoms. The van der Waals surface area contributed by atoms with E-state index in [0.717, 1.165) is 29.9 Å². The number of amides is 1. The van der Waals surface area contributed by atoms with Crippen LogP contribution in [0.4, 0.5) is 11.4 Å². The van der Waals surface area contributed by atoms with Crippen LogP contribution in [0.5, 0.6) is 0 Å². The molecule has 0 unspecified atom stereocenters. The number of aryl methyl sites for hydroxylation is 1. The molecule has 136 valence electrons. The molecule has 0 fully saturated rings. The average Bonchev–Trinajstić information content (AvgIpc) is 2.73. The van der Waals surface area contributed by atoms with Crippen LogP contribution in [0, 0.1) is 0 Å². The van der Waals surface area contributed by atoms with E-state index in [-0.39, 0.29) is 5.91 Å². The maximum Gasteiger partial charge on any atom is 0.255 e. The summed E-state index contributed by atoms with van der Waals surface area (Å²) >= 11 is 1.88. The Labute approximate surface area is 164 Å². The molecule has 2 N–H and O–H groups in total. The van der Waals surface area contributed by atoms with E-state index >= 15 is 0 Å². The second-order valence-corrected chi connectivity index (χ2v) is 7.78. The Morgan fingerprint density at radius 3 is 2.56 bits per heavy atom. The van der Waals surface area contributed by atoms with Crippen LogP contribution in [0.15, 0.2) is 77.7 Å². The topological polar surface area (TPSA) is 41.1 Å². The fourth-order valence-electron chi connectivity index (χ4n) is 3.17. The molecular weight excluding hydrogens is 352 g/mol. The summed E-state index contributed by atoms with van der Waals surface area (Å²) in [6, 6.07) is 24.1. The van der Waals surface area contributed by atoms with Gasteiger partial charge in [0.05, 0.1) is 0 Å². The third kappa shape index (κ3) is 4.52. The highest BCUT2D eigenvalue weighted by Crippen LogP contribution is 2.30. The van der Waals surface area contributed by atoms with E-state index in [0.29, 0.717) is 0 Å². The number of benzene rings is 3. The number of rotatable bonds is 5. The van der Waals surface area contributed by atoms with Gasteiger partial charge in [0.2, 0.25) is 0 Å². The average molecular weight is 375 g/mol. The smallest absolute Gasteiger partial charge is 0.255 e. The van der Waals surface area contributed by atoms with E-state index in [9.17, 15) is 4.79 Å². The van der Waals surface area contributed by atoms with Crippen LogP contribution in [0.1, 0.15) is 27.9 Å². The van der Waals surface area contributed by atoms with Gasteiger partial charge in [0.1, 0.15) is 0 Å². The number of nitrogens with one attached hydrogen (secondary N) is 2. The summed E-state index contributed by atoms with van der Waals surface area (Å²) in [5, 5.41) is 6.39. The van der Waals surface area contributed by atoms with Crippen molar-refractivity contribution in [3.05, 3.63) is 89.5 Å². The molecule has 3 aromatic carbocycles. The predicted molar refractivity (Wildman–Crippen MR) is 114 cm³/mol. The van der Waals surface area contributed by atoms with E-state index in [1.807, 2.05) is 78.5 Å². The van der Waals surface area contributed by atoms with Crippen molar-refractivity contribution in [3.8, 4) is 0 Å². The van der Waals surface area contributed by atoms with Crippen molar-refractivity contribution in [1.82, 2.24) is 0 Å².